The molecular weight excluding hydrogens is 432 g/mol. The number of amides is 1. The Morgan fingerprint density at radius 2 is 2.00 bits per heavy atom. The number of halogens is 2. The van der Waals surface area contributed by atoms with E-state index in [1.165, 1.54) is 41.7 Å². The van der Waals surface area contributed by atoms with E-state index in [0.29, 0.717) is 25.1 Å². The van der Waals surface area contributed by atoms with Crippen LogP contribution >= 0.6 is 23.1 Å². The summed E-state index contributed by atoms with van der Waals surface area (Å²) in [6, 6.07) is 10.1. The summed E-state index contributed by atoms with van der Waals surface area (Å²) in [5, 5.41) is 18.9. The van der Waals surface area contributed by atoms with Crippen molar-refractivity contribution in [2.24, 2.45) is 0 Å². The minimum atomic E-state index is -3.43. The maximum atomic E-state index is 14.4. The highest BCUT2D eigenvalue weighted by atomic mass is 32.2. The lowest BCUT2D eigenvalue weighted by Gasteiger charge is -2.23. The maximum Gasteiger partial charge on any atom is 0.345 e. The Balaban J connectivity index is 1.58. The van der Waals surface area contributed by atoms with Crippen LogP contribution in [-0.4, -0.2) is 50.8 Å². The van der Waals surface area contributed by atoms with Crippen molar-refractivity contribution in [1.82, 2.24) is 4.90 Å². The molecule has 0 radical (unpaired) electrons. The number of hydrogen-bond acceptors (Lipinski definition) is 5. The first-order valence-corrected chi connectivity index (χ1v) is 11.1. The molecule has 1 aromatic carbocycles. The van der Waals surface area contributed by atoms with Crippen LogP contribution in [0.2, 0.25) is 0 Å². The monoisotopic (exact) mass is 453 g/mol. The van der Waals surface area contributed by atoms with Crippen molar-refractivity contribution < 1.29 is 28.6 Å². The van der Waals surface area contributed by atoms with Crippen LogP contribution in [0, 0.1) is 0 Å². The maximum absolute atomic E-state index is 14.4. The van der Waals surface area contributed by atoms with Gasteiger partial charge in [0.1, 0.15) is 11.0 Å². The third-order valence-electron chi connectivity index (χ3n) is 4.75. The number of carbonyl (C=O) groups is 2. The minimum Gasteiger partial charge on any atom is -0.477 e. The second-order valence-electron chi connectivity index (χ2n) is 6.83. The van der Waals surface area contributed by atoms with Crippen LogP contribution in [0.1, 0.15) is 26.5 Å². The van der Waals surface area contributed by atoms with Gasteiger partial charge in [0, 0.05) is 22.7 Å². The molecule has 0 saturated carbocycles. The number of nitrogens with zero attached hydrogens (tertiary/aromatic N) is 1. The summed E-state index contributed by atoms with van der Waals surface area (Å²) in [6.45, 7) is 0.423. The van der Waals surface area contributed by atoms with Gasteiger partial charge in [0.25, 0.3) is 5.24 Å². The van der Waals surface area contributed by atoms with E-state index in [4.69, 9.17) is 5.11 Å². The van der Waals surface area contributed by atoms with Gasteiger partial charge in [0.15, 0.2) is 0 Å². The first-order chi connectivity index (χ1) is 14.3. The molecule has 2 aromatic rings. The quantitative estimate of drug-likeness (QED) is 0.542. The predicted molar refractivity (Wildman–Crippen MR) is 113 cm³/mol. The lowest BCUT2D eigenvalue weighted by atomic mass is 10.0. The average molecular weight is 454 g/mol. The lowest BCUT2D eigenvalue weighted by molar-refractivity contribution is -0.0929. The second-order valence-corrected chi connectivity index (χ2v) is 8.97. The lowest BCUT2D eigenvalue weighted by Crippen LogP contribution is -2.34. The molecule has 2 N–H and O–H groups in total. The van der Waals surface area contributed by atoms with Crippen molar-refractivity contribution in [1.29, 1.82) is 0 Å². The van der Waals surface area contributed by atoms with Gasteiger partial charge in [0.05, 0.1) is 6.04 Å². The van der Waals surface area contributed by atoms with Crippen molar-refractivity contribution in [2.75, 3.05) is 12.3 Å². The summed E-state index contributed by atoms with van der Waals surface area (Å²) in [6.07, 6.45) is 1.77. The standard InChI is InChI=1S/C21H21F2NO4S2/c22-21(23,14-5-2-1-3-6-14)18(25)11-8-15-13-29-20(28)24(15)12-4-7-16-9-10-17(30-16)19(26)27/h1-3,5-6,8-11,15,18,25H,4,7,12-13H2,(H,26,27)/b11-8+. The fourth-order valence-corrected chi connectivity index (χ4v) is 5.00. The predicted octanol–water partition coefficient (Wildman–Crippen LogP) is 4.63. The third-order valence-corrected chi connectivity index (χ3v) is 6.88. The molecule has 0 spiro atoms. The number of carboxylic acids is 1. The SMILES string of the molecule is O=C(O)c1ccc(CCCN2C(=O)SCC2/C=C/C(O)C(F)(F)c2ccccc2)s1. The van der Waals surface area contributed by atoms with Crippen LogP contribution in [0.3, 0.4) is 0 Å². The molecule has 2 atom stereocenters. The van der Waals surface area contributed by atoms with Crippen molar-refractivity contribution in [3.8, 4) is 0 Å². The van der Waals surface area contributed by atoms with Crippen LogP contribution in [0.4, 0.5) is 13.6 Å². The van der Waals surface area contributed by atoms with Crippen molar-refractivity contribution in [3.63, 3.8) is 0 Å². The average Bonchev–Trinajstić information content (AvgIpc) is 3.34. The van der Waals surface area contributed by atoms with E-state index < -0.39 is 18.0 Å². The largest absolute Gasteiger partial charge is 0.477 e. The van der Waals surface area contributed by atoms with Crippen LogP contribution in [-0.2, 0) is 12.3 Å². The highest BCUT2D eigenvalue weighted by Crippen LogP contribution is 2.33. The normalized spacial score (nSPS) is 18.3. The molecule has 2 unspecified atom stereocenters. The summed E-state index contributed by atoms with van der Waals surface area (Å²) in [7, 11) is 0. The number of rotatable bonds is 9. The number of benzene rings is 1. The number of aliphatic hydroxyl groups is 1. The molecule has 9 heteroatoms. The highest BCUT2D eigenvalue weighted by Gasteiger charge is 2.39. The van der Waals surface area contributed by atoms with Gasteiger partial charge in [-0.2, -0.15) is 8.78 Å². The number of aliphatic hydroxyl groups excluding tert-OH is 1. The van der Waals surface area contributed by atoms with E-state index in [-0.39, 0.29) is 21.7 Å². The Morgan fingerprint density at radius 3 is 2.67 bits per heavy atom. The van der Waals surface area contributed by atoms with Gasteiger partial charge in [-0.3, -0.25) is 4.79 Å². The Labute approximate surface area is 181 Å². The van der Waals surface area contributed by atoms with Gasteiger partial charge in [-0.05, 0) is 25.0 Å². The number of aryl methyl sites for hydroxylation is 1. The molecular formula is C21H21F2NO4S2. The summed E-state index contributed by atoms with van der Waals surface area (Å²) >= 11 is 2.32. The molecule has 1 amide bonds. The zero-order valence-corrected chi connectivity index (χ0v) is 17.5. The summed E-state index contributed by atoms with van der Waals surface area (Å²) < 4.78 is 28.8. The first kappa shape index (κ1) is 22.5. The Morgan fingerprint density at radius 1 is 1.27 bits per heavy atom. The molecule has 0 bridgehead atoms. The first-order valence-electron chi connectivity index (χ1n) is 9.34. The molecule has 160 valence electrons. The molecule has 1 fully saturated rings. The van der Waals surface area contributed by atoms with Gasteiger partial charge in [-0.25, -0.2) is 4.79 Å². The van der Waals surface area contributed by atoms with Crippen molar-refractivity contribution in [3.05, 3.63) is 69.9 Å². The van der Waals surface area contributed by atoms with Gasteiger partial charge in [-0.15, -0.1) is 11.3 Å². The number of hydrogen-bond donors (Lipinski definition) is 2. The number of aromatic carboxylic acids is 1. The third kappa shape index (κ3) is 5.27. The van der Waals surface area contributed by atoms with Gasteiger partial charge in [-0.1, -0.05) is 54.2 Å². The van der Waals surface area contributed by atoms with Gasteiger partial charge < -0.3 is 15.1 Å². The van der Waals surface area contributed by atoms with E-state index in [1.54, 1.807) is 23.1 Å². The molecule has 5 nitrogen and oxygen atoms in total. The van der Waals surface area contributed by atoms with E-state index in [9.17, 15) is 23.5 Å². The number of carboxylic acid groups (broad SMARTS) is 1. The van der Waals surface area contributed by atoms with Crippen LogP contribution in [0.25, 0.3) is 0 Å². The molecule has 3 rings (SSSR count). The van der Waals surface area contributed by atoms with E-state index >= 15 is 0 Å². The molecule has 0 aliphatic carbocycles. The minimum absolute atomic E-state index is 0.133. The van der Waals surface area contributed by atoms with Gasteiger partial charge >= 0.3 is 11.9 Å². The number of alkyl halides is 2. The summed E-state index contributed by atoms with van der Waals surface area (Å²) in [5.41, 5.74) is -0.271. The molecule has 30 heavy (non-hydrogen) atoms. The molecule has 1 aromatic heterocycles. The van der Waals surface area contributed by atoms with Crippen LogP contribution < -0.4 is 0 Å². The van der Waals surface area contributed by atoms with Crippen LogP contribution in [0.15, 0.2) is 54.6 Å². The highest BCUT2D eigenvalue weighted by molar-refractivity contribution is 8.13. The van der Waals surface area contributed by atoms with E-state index in [0.717, 1.165) is 22.7 Å². The number of thioether (sulfide) groups is 1. The topological polar surface area (TPSA) is 77.8 Å². The molecule has 2 heterocycles. The second kappa shape index (κ2) is 9.72. The van der Waals surface area contributed by atoms with Crippen LogP contribution in [0.5, 0.6) is 0 Å². The zero-order chi connectivity index (χ0) is 21.7. The molecule has 1 aliphatic heterocycles. The summed E-state index contributed by atoms with van der Waals surface area (Å²) in [5.74, 6) is -3.96. The van der Waals surface area contributed by atoms with E-state index in [2.05, 4.69) is 0 Å². The Kier molecular flexibility index (Phi) is 7.27. The van der Waals surface area contributed by atoms with E-state index in [1.807, 2.05) is 0 Å². The number of thiophene rings is 1. The van der Waals surface area contributed by atoms with Crippen molar-refractivity contribution >= 4 is 34.3 Å². The fraction of sp³-hybridized carbons (Fsp3) is 0.333. The molecule has 1 aliphatic rings. The Bertz CT molecular complexity index is 917. The van der Waals surface area contributed by atoms with Crippen molar-refractivity contribution in [2.45, 2.75) is 30.9 Å². The Hall–Kier alpha value is -2.23. The van der Waals surface area contributed by atoms with Gasteiger partial charge in [0.2, 0.25) is 0 Å². The fourth-order valence-electron chi connectivity index (χ4n) is 3.12. The summed E-state index contributed by atoms with van der Waals surface area (Å²) in [4.78, 5) is 25.9. The zero-order valence-electron chi connectivity index (χ0n) is 15.9. The molecule has 1 saturated heterocycles. The number of carbonyl (C=O) groups excluding carboxylic acids is 1. The smallest absolute Gasteiger partial charge is 0.345 e.